The van der Waals surface area contributed by atoms with Crippen LogP contribution in [0.4, 0.5) is 11.6 Å². The summed E-state index contributed by atoms with van der Waals surface area (Å²) in [7, 11) is 0. The van der Waals surface area contributed by atoms with Crippen molar-refractivity contribution in [2.75, 3.05) is 18.5 Å². The molecule has 2 aromatic rings. The number of nitrogens with zero attached hydrogens (tertiary/aromatic N) is 5. The van der Waals surface area contributed by atoms with Gasteiger partial charge in [-0.3, -0.25) is 14.7 Å². The standard InChI is InChI=1S/C14H18N6O3.ClH/c1-8-6-23-7-11(8)17-14-16-9(2)12(20(21)22)13(18-14)19-5-4-15-10(19)3;/h4-5,8,11H,6-7H2,1-3H3,(H,16,17,18);1H/t8-,11+;/m0./s1. The largest absolute Gasteiger partial charge is 0.379 e. The molecule has 0 unspecified atom stereocenters. The van der Waals surface area contributed by atoms with Crippen molar-refractivity contribution in [1.29, 1.82) is 0 Å². The highest BCUT2D eigenvalue weighted by Crippen LogP contribution is 2.27. The first-order valence-corrected chi connectivity index (χ1v) is 7.35. The van der Waals surface area contributed by atoms with Crippen molar-refractivity contribution in [3.8, 4) is 5.82 Å². The van der Waals surface area contributed by atoms with Gasteiger partial charge in [-0.15, -0.1) is 12.4 Å². The van der Waals surface area contributed by atoms with E-state index >= 15 is 0 Å². The quantitative estimate of drug-likeness (QED) is 0.661. The molecule has 1 aliphatic rings. The fraction of sp³-hybridized carbons (Fsp3) is 0.500. The van der Waals surface area contributed by atoms with E-state index in [-0.39, 0.29) is 30.0 Å². The van der Waals surface area contributed by atoms with E-state index in [1.165, 1.54) is 0 Å². The minimum absolute atomic E-state index is 0. The molecule has 0 aromatic carbocycles. The summed E-state index contributed by atoms with van der Waals surface area (Å²) in [6, 6.07) is 0.0904. The molecule has 1 saturated heterocycles. The van der Waals surface area contributed by atoms with Gasteiger partial charge in [-0.1, -0.05) is 6.92 Å². The summed E-state index contributed by atoms with van der Waals surface area (Å²) in [4.78, 5) is 23.7. The van der Waals surface area contributed by atoms with Crippen LogP contribution in [0.5, 0.6) is 0 Å². The predicted molar refractivity (Wildman–Crippen MR) is 89.9 cm³/mol. The molecule has 130 valence electrons. The number of nitrogens with one attached hydrogen (secondary N) is 1. The maximum atomic E-state index is 11.4. The second-order valence-electron chi connectivity index (χ2n) is 5.67. The van der Waals surface area contributed by atoms with E-state index in [0.29, 0.717) is 36.6 Å². The Morgan fingerprint density at radius 3 is 2.67 bits per heavy atom. The van der Waals surface area contributed by atoms with Crippen molar-refractivity contribution < 1.29 is 9.66 Å². The van der Waals surface area contributed by atoms with Crippen molar-refractivity contribution in [3.63, 3.8) is 0 Å². The highest BCUT2D eigenvalue weighted by Gasteiger charge is 2.28. The molecule has 9 nitrogen and oxygen atoms in total. The Kier molecular flexibility index (Phi) is 5.35. The van der Waals surface area contributed by atoms with Crippen LogP contribution in [0.3, 0.4) is 0 Å². The maximum Gasteiger partial charge on any atom is 0.333 e. The van der Waals surface area contributed by atoms with Crippen LogP contribution in [-0.2, 0) is 4.74 Å². The van der Waals surface area contributed by atoms with Gasteiger partial charge in [-0.25, -0.2) is 9.97 Å². The lowest BCUT2D eigenvalue weighted by Crippen LogP contribution is -2.27. The number of aryl methyl sites for hydroxylation is 2. The van der Waals surface area contributed by atoms with E-state index in [9.17, 15) is 10.1 Å². The molecular formula is C14H19ClN6O3. The zero-order valence-corrected chi connectivity index (χ0v) is 14.4. The van der Waals surface area contributed by atoms with Gasteiger partial charge >= 0.3 is 5.69 Å². The van der Waals surface area contributed by atoms with Gasteiger partial charge < -0.3 is 10.1 Å². The van der Waals surface area contributed by atoms with Crippen molar-refractivity contribution in [2.24, 2.45) is 5.92 Å². The highest BCUT2D eigenvalue weighted by molar-refractivity contribution is 5.85. The van der Waals surface area contributed by atoms with E-state index in [0.717, 1.165) is 0 Å². The van der Waals surface area contributed by atoms with E-state index in [1.54, 1.807) is 30.8 Å². The van der Waals surface area contributed by atoms with Crippen LogP contribution in [0, 0.1) is 29.9 Å². The average molecular weight is 355 g/mol. The molecule has 0 spiro atoms. The van der Waals surface area contributed by atoms with E-state index in [4.69, 9.17) is 4.74 Å². The molecule has 1 fully saturated rings. The molecule has 2 aromatic heterocycles. The lowest BCUT2D eigenvalue weighted by molar-refractivity contribution is -0.385. The van der Waals surface area contributed by atoms with Crippen LogP contribution in [0.2, 0.25) is 0 Å². The van der Waals surface area contributed by atoms with Crippen molar-refractivity contribution in [1.82, 2.24) is 19.5 Å². The zero-order valence-electron chi connectivity index (χ0n) is 13.6. The maximum absolute atomic E-state index is 11.4. The molecule has 2 atom stereocenters. The van der Waals surface area contributed by atoms with Gasteiger partial charge in [-0.2, -0.15) is 4.98 Å². The highest BCUT2D eigenvalue weighted by atomic mass is 35.5. The Morgan fingerprint density at radius 1 is 1.38 bits per heavy atom. The molecular weight excluding hydrogens is 336 g/mol. The van der Waals surface area contributed by atoms with Gasteiger partial charge in [0.15, 0.2) is 0 Å². The van der Waals surface area contributed by atoms with Gasteiger partial charge in [0, 0.05) is 18.3 Å². The summed E-state index contributed by atoms with van der Waals surface area (Å²) in [6.45, 7) is 6.69. The van der Waals surface area contributed by atoms with Gasteiger partial charge in [-0.05, 0) is 13.8 Å². The Hall–Kier alpha value is -2.26. The topological polar surface area (TPSA) is 108 Å². The third-order valence-electron chi connectivity index (χ3n) is 3.96. The van der Waals surface area contributed by atoms with Crippen LogP contribution in [-0.4, -0.2) is 43.7 Å². The van der Waals surface area contributed by atoms with Crippen LogP contribution >= 0.6 is 12.4 Å². The predicted octanol–water partition coefficient (Wildman–Crippen LogP) is 2.06. The summed E-state index contributed by atoms with van der Waals surface area (Å²) in [5, 5.41) is 14.6. The zero-order chi connectivity index (χ0) is 16.6. The normalized spacial score (nSPS) is 19.8. The lowest BCUT2D eigenvalue weighted by Gasteiger charge is -2.16. The first-order valence-electron chi connectivity index (χ1n) is 7.35. The summed E-state index contributed by atoms with van der Waals surface area (Å²) in [5.41, 5.74) is 0.189. The van der Waals surface area contributed by atoms with Gasteiger partial charge in [0.2, 0.25) is 11.8 Å². The number of imidazole rings is 1. The molecule has 0 bridgehead atoms. The van der Waals surface area contributed by atoms with Crippen molar-refractivity contribution in [2.45, 2.75) is 26.8 Å². The number of nitro groups is 1. The van der Waals surface area contributed by atoms with Gasteiger partial charge in [0.1, 0.15) is 11.5 Å². The third-order valence-corrected chi connectivity index (χ3v) is 3.96. The first-order chi connectivity index (χ1) is 11.0. The second-order valence-corrected chi connectivity index (χ2v) is 5.67. The lowest BCUT2D eigenvalue weighted by atomic mass is 10.1. The summed E-state index contributed by atoms with van der Waals surface area (Å²) >= 11 is 0. The fourth-order valence-electron chi connectivity index (χ4n) is 2.61. The van der Waals surface area contributed by atoms with Crippen molar-refractivity contribution in [3.05, 3.63) is 34.0 Å². The van der Waals surface area contributed by atoms with E-state index in [1.807, 2.05) is 0 Å². The van der Waals surface area contributed by atoms with Crippen LogP contribution in [0.1, 0.15) is 18.4 Å². The minimum atomic E-state index is -0.463. The van der Waals surface area contributed by atoms with Gasteiger partial charge in [0.25, 0.3) is 0 Å². The number of halogens is 1. The average Bonchev–Trinajstić information content (AvgIpc) is 3.07. The third kappa shape index (κ3) is 3.31. The summed E-state index contributed by atoms with van der Waals surface area (Å²) < 4.78 is 7.00. The Bertz CT molecular complexity index is 750. The summed E-state index contributed by atoms with van der Waals surface area (Å²) in [5.74, 6) is 1.52. The van der Waals surface area contributed by atoms with Gasteiger partial charge in [0.05, 0.1) is 24.2 Å². The van der Waals surface area contributed by atoms with Crippen LogP contribution < -0.4 is 5.32 Å². The summed E-state index contributed by atoms with van der Waals surface area (Å²) in [6.07, 6.45) is 3.23. The second kappa shape index (κ2) is 7.10. The molecule has 3 heterocycles. The number of hydrogen-bond donors (Lipinski definition) is 1. The smallest absolute Gasteiger partial charge is 0.333 e. The molecule has 0 saturated carbocycles. The number of anilines is 1. The van der Waals surface area contributed by atoms with Crippen molar-refractivity contribution >= 4 is 24.0 Å². The molecule has 10 heteroatoms. The molecule has 3 rings (SSSR count). The van der Waals surface area contributed by atoms with Crippen LogP contribution in [0.25, 0.3) is 5.82 Å². The first kappa shape index (κ1) is 18.1. The van der Waals surface area contributed by atoms with Crippen LogP contribution in [0.15, 0.2) is 12.4 Å². The minimum Gasteiger partial charge on any atom is -0.379 e. The number of aromatic nitrogens is 4. The molecule has 1 aliphatic heterocycles. The molecule has 0 aliphatic carbocycles. The molecule has 24 heavy (non-hydrogen) atoms. The Balaban J connectivity index is 0.00000208. The van der Waals surface area contributed by atoms with E-state index < -0.39 is 4.92 Å². The Labute approximate surface area is 145 Å². The van der Waals surface area contributed by atoms with E-state index in [2.05, 4.69) is 27.2 Å². The number of rotatable bonds is 4. The number of hydrogen-bond acceptors (Lipinski definition) is 7. The molecule has 0 radical (unpaired) electrons. The fourth-order valence-corrected chi connectivity index (χ4v) is 2.61. The molecule has 0 amide bonds. The number of ether oxygens (including phenoxy) is 1. The molecule has 1 N–H and O–H groups in total. The Morgan fingerprint density at radius 2 is 2.12 bits per heavy atom. The SMILES string of the molecule is Cc1nc(N[C@@H]2COC[C@@H]2C)nc(-n2ccnc2C)c1[N+](=O)[O-].Cl. The monoisotopic (exact) mass is 354 g/mol.